The predicted molar refractivity (Wildman–Crippen MR) is 116 cm³/mol. The predicted octanol–water partition coefficient (Wildman–Crippen LogP) is 4.23. The average Bonchev–Trinajstić information content (AvgIpc) is 3.31. The second-order valence-corrected chi connectivity index (χ2v) is 7.06. The van der Waals surface area contributed by atoms with E-state index in [1.165, 1.54) is 12.1 Å². The lowest BCUT2D eigenvalue weighted by Crippen LogP contribution is -2.30. The van der Waals surface area contributed by atoms with Crippen LogP contribution in [0.15, 0.2) is 66.7 Å². The second kappa shape index (κ2) is 7.07. The van der Waals surface area contributed by atoms with Gasteiger partial charge in [-0.1, -0.05) is 42.5 Å². The molecule has 31 heavy (non-hydrogen) atoms. The molecule has 5 rings (SSSR count). The second-order valence-electron chi connectivity index (χ2n) is 7.06. The van der Waals surface area contributed by atoms with Crippen molar-refractivity contribution in [2.45, 2.75) is 0 Å². The fourth-order valence-electron chi connectivity index (χ4n) is 3.70. The highest BCUT2D eigenvalue weighted by molar-refractivity contribution is 6.35. The van der Waals surface area contributed by atoms with Crippen LogP contribution in [0, 0.1) is 0 Å². The SMILES string of the molecule is O=C(O)c1ccc(C=Cc2n[nH]c3ccccc23)c(N2C(=O)c3ccccc3C2=O)c1. The van der Waals surface area contributed by atoms with Crippen LogP contribution in [0.2, 0.25) is 0 Å². The molecule has 0 radical (unpaired) electrons. The Bertz CT molecular complexity index is 1380. The highest BCUT2D eigenvalue weighted by Crippen LogP contribution is 2.33. The van der Waals surface area contributed by atoms with Gasteiger partial charge in [0, 0.05) is 5.39 Å². The Morgan fingerprint density at radius 3 is 2.29 bits per heavy atom. The zero-order chi connectivity index (χ0) is 21.5. The molecule has 1 aliphatic rings. The van der Waals surface area contributed by atoms with Gasteiger partial charge in [0.15, 0.2) is 0 Å². The number of hydrogen-bond donors (Lipinski definition) is 2. The molecule has 2 heterocycles. The van der Waals surface area contributed by atoms with Crippen molar-refractivity contribution in [3.8, 4) is 0 Å². The van der Waals surface area contributed by atoms with Crippen LogP contribution in [-0.2, 0) is 0 Å². The molecule has 0 saturated heterocycles. The summed E-state index contributed by atoms with van der Waals surface area (Å²) in [6, 6.07) is 18.5. The van der Waals surface area contributed by atoms with Gasteiger partial charge in [0.25, 0.3) is 11.8 Å². The zero-order valence-corrected chi connectivity index (χ0v) is 16.1. The van der Waals surface area contributed by atoms with E-state index >= 15 is 0 Å². The molecule has 0 unspecified atom stereocenters. The molecule has 7 heteroatoms. The van der Waals surface area contributed by atoms with Crippen LogP contribution in [0.25, 0.3) is 23.1 Å². The Balaban J connectivity index is 1.62. The fraction of sp³-hybridized carbons (Fsp3) is 0. The first-order valence-electron chi connectivity index (χ1n) is 9.51. The third-order valence-corrected chi connectivity index (χ3v) is 5.23. The van der Waals surface area contributed by atoms with E-state index in [2.05, 4.69) is 10.2 Å². The third-order valence-electron chi connectivity index (χ3n) is 5.23. The number of rotatable bonds is 4. The number of H-pyrrole nitrogens is 1. The highest BCUT2D eigenvalue weighted by Gasteiger charge is 2.37. The summed E-state index contributed by atoms with van der Waals surface area (Å²) in [5.74, 6) is -2.11. The number of nitrogens with zero attached hydrogens (tertiary/aromatic N) is 2. The molecule has 0 spiro atoms. The molecule has 1 aromatic heterocycles. The third kappa shape index (κ3) is 3.00. The summed E-state index contributed by atoms with van der Waals surface area (Å²) in [7, 11) is 0. The number of carbonyl (C=O) groups is 3. The van der Waals surface area contributed by atoms with Crippen molar-refractivity contribution < 1.29 is 19.5 Å². The van der Waals surface area contributed by atoms with Crippen LogP contribution in [0.1, 0.15) is 42.3 Å². The monoisotopic (exact) mass is 409 g/mol. The first-order chi connectivity index (χ1) is 15.0. The smallest absolute Gasteiger partial charge is 0.335 e. The summed E-state index contributed by atoms with van der Waals surface area (Å²) in [6.45, 7) is 0. The van der Waals surface area contributed by atoms with E-state index in [0.29, 0.717) is 22.4 Å². The van der Waals surface area contributed by atoms with Crippen molar-refractivity contribution in [2.24, 2.45) is 0 Å². The van der Waals surface area contributed by atoms with Crippen molar-refractivity contribution in [1.29, 1.82) is 0 Å². The van der Waals surface area contributed by atoms with Gasteiger partial charge in [0.1, 0.15) is 0 Å². The lowest BCUT2D eigenvalue weighted by atomic mass is 10.1. The zero-order valence-electron chi connectivity index (χ0n) is 16.1. The minimum absolute atomic E-state index is 0.0195. The van der Waals surface area contributed by atoms with Gasteiger partial charge in [-0.25, -0.2) is 9.69 Å². The first-order valence-corrected chi connectivity index (χ1v) is 9.51. The van der Waals surface area contributed by atoms with Gasteiger partial charge in [-0.2, -0.15) is 5.10 Å². The molecular formula is C24H15N3O4. The molecule has 1 aliphatic heterocycles. The van der Waals surface area contributed by atoms with Crippen molar-refractivity contribution >= 4 is 46.5 Å². The standard InChI is InChI=1S/C24H15N3O4/c28-22-16-5-1-2-6-17(16)23(29)27(22)21-13-15(24(30)31)10-9-14(21)11-12-20-18-7-3-4-8-19(18)25-26-20/h1-13H,(H,25,26)(H,30,31). The Morgan fingerprint density at radius 2 is 1.58 bits per heavy atom. The molecule has 0 aliphatic carbocycles. The molecule has 150 valence electrons. The minimum atomic E-state index is -1.15. The average molecular weight is 409 g/mol. The summed E-state index contributed by atoms with van der Waals surface area (Å²) < 4.78 is 0. The first kappa shape index (κ1) is 18.5. The van der Waals surface area contributed by atoms with E-state index in [-0.39, 0.29) is 11.3 Å². The summed E-state index contributed by atoms with van der Waals surface area (Å²) >= 11 is 0. The van der Waals surface area contributed by atoms with Crippen LogP contribution in [0.3, 0.4) is 0 Å². The number of amides is 2. The summed E-state index contributed by atoms with van der Waals surface area (Å²) in [4.78, 5) is 38.5. The molecule has 3 aromatic carbocycles. The number of anilines is 1. The number of para-hydroxylation sites is 1. The van der Waals surface area contributed by atoms with Crippen LogP contribution < -0.4 is 4.90 Å². The summed E-state index contributed by atoms with van der Waals surface area (Å²) in [6.07, 6.45) is 3.48. The Hall–Kier alpha value is -4.52. The van der Waals surface area contributed by atoms with Crippen LogP contribution >= 0.6 is 0 Å². The maximum Gasteiger partial charge on any atom is 0.335 e. The normalized spacial score (nSPS) is 13.4. The van der Waals surface area contributed by atoms with E-state index in [9.17, 15) is 19.5 Å². The molecule has 7 nitrogen and oxygen atoms in total. The Morgan fingerprint density at radius 1 is 0.903 bits per heavy atom. The number of aromatic amines is 1. The topological polar surface area (TPSA) is 103 Å². The van der Waals surface area contributed by atoms with E-state index in [0.717, 1.165) is 15.8 Å². The summed E-state index contributed by atoms with van der Waals surface area (Å²) in [5.41, 5.74) is 2.86. The number of aromatic carboxylic acids is 1. The number of aromatic nitrogens is 2. The number of carbonyl (C=O) groups excluding carboxylic acids is 2. The Labute approximate surface area is 176 Å². The fourth-order valence-corrected chi connectivity index (χ4v) is 3.70. The van der Waals surface area contributed by atoms with E-state index in [1.807, 2.05) is 24.3 Å². The molecule has 0 atom stereocenters. The molecule has 0 fully saturated rings. The summed E-state index contributed by atoms with van der Waals surface area (Å²) in [5, 5.41) is 17.6. The van der Waals surface area contributed by atoms with Crippen molar-refractivity contribution in [1.82, 2.24) is 10.2 Å². The van der Waals surface area contributed by atoms with E-state index < -0.39 is 17.8 Å². The minimum Gasteiger partial charge on any atom is -0.478 e. The molecule has 0 saturated carbocycles. The van der Waals surface area contributed by atoms with Gasteiger partial charge < -0.3 is 5.11 Å². The Kier molecular flexibility index (Phi) is 4.22. The molecular weight excluding hydrogens is 394 g/mol. The van der Waals surface area contributed by atoms with Crippen LogP contribution in [0.4, 0.5) is 5.69 Å². The number of fused-ring (bicyclic) bond motifs is 2. The van der Waals surface area contributed by atoms with E-state index in [1.54, 1.807) is 42.5 Å². The quantitative estimate of drug-likeness (QED) is 0.491. The van der Waals surface area contributed by atoms with Gasteiger partial charge in [-0.15, -0.1) is 0 Å². The van der Waals surface area contributed by atoms with Crippen LogP contribution in [0.5, 0.6) is 0 Å². The molecule has 2 N–H and O–H groups in total. The van der Waals surface area contributed by atoms with Gasteiger partial charge in [0.2, 0.25) is 0 Å². The molecule has 2 amide bonds. The number of hydrogen-bond acceptors (Lipinski definition) is 4. The van der Waals surface area contributed by atoms with Gasteiger partial charge in [-0.05, 0) is 42.0 Å². The number of benzene rings is 3. The number of nitrogens with one attached hydrogen (secondary N) is 1. The van der Waals surface area contributed by atoms with E-state index in [4.69, 9.17) is 0 Å². The maximum absolute atomic E-state index is 13.0. The molecule has 4 aromatic rings. The van der Waals surface area contributed by atoms with Crippen molar-refractivity contribution in [3.05, 3.63) is 94.7 Å². The maximum atomic E-state index is 13.0. The lowest BCUT2D eigenvalue weighted by Gasteiger charge is -2.17. The van der Waals surface area contributed by atoms with Gasteiger partial charge in [-0.3, -0.25) is 14.7 Å². The largest absolute Gasteiger partial charge is 0.478 e. The van der Waals surface area contributed by atoms with Gasteiger partial charge in [0.05, 0.1) is 33.6 Å². The molecule has 0 bridgehead atoms. The number of carboxylic acid groups (broad SMARTS) is 1. The number of carboxylic acids is 1. The van der Waals surface area contributed by atoms with Crippen LogP contribution in [-0.4, -0.2) is 33.1 Å². The van der Waals surface area contributed by atoms with Gasteiger partial charge >= 0.3 is 5.97 Å². The van der Waals surface area contributed by atoms with Crippen molar-refractivity contribution in [3.63, 3.8) is 0 Å². The number of imide groups is 1. The lowest BCUT2D eigenvalue weighted by molar-refractivity contribution is 0.0695. The van der Waals surface area contributed by atoms with Crippen molar-refractivity contribution in [2.75, 3.05) is 4.90 Å². The highest BCUT2D eigenvalue weighted by atomic mass is 16.4.